The van der Waals surface area contributed by atoms with Gasteiger partial charge in [-0.3, -0.25) is 0 Å². The van der Waals surface area contributed by atoms with E-state index in [1.54, 1.807) is 0 Å². The van der Waals surface area contributed by atoms with E-state index in [1.165, 1.54) is 6.42 Å². The molecule has 1 unspecified atom stereocenters. The number of ether oxygens (including phenoxy) is 2. The van der Waals surface area contributed by atoms with Gasteiger partial charge in [0.1, 0.15) is 0 Å². The molecule has 92 valence electrons. The van der Waals surface area contributed by atoms with Crippen molar-refractivity contribution in [2.75, 3.05) is 26.4 Å². The molecule has 0 aromatic heterocycles. The molecule has 2 fully saturated rings. The zero-order chi connectivity index (χ0) is 11.7. The van der Waals surface area contributed by atoms with E-state index in [-0.39, 0.29) is 0 Å². The molecule has 0 aliphatic carbocycles. The Bertz CT molecular complexity index is 124. The van der Waals surface area contributed by atoms with E-state index in [2.05, 4.69) is 20.8 Å². The molecule has 2 heterocycles. The zero-order valence-electron chi connectivity index (χ0n) is 11.1. The van der Waals surface area contributed by atoms with Crippen LogP contribution in [0, 0.1) is 17.8 Å². The average Bonchev–Trinajstić information content (AvgIpc) is 2.56. The van der Waals surface area contributed by atoms with Crippen molar-refractivity contribution in [2.24, 2.45) is 17.8 Å². The summed E-state index contributed by atoms with van der Waals surface area (Å²) >= 11 is 0. The lowest BCUT2D eigenvalue weighted by Gasteiger charge is -2.29. The van der Waals surface area contributed by atoms with E-state index < -0.39 is 0 Å². The minimum atomic E-state index is 0.824. The summed E-state index contributed by atoms with van der Waals surface area (Å²) in [6.45, 7) is 14.7. The van der Waals surface area contributed by atoms with Crippen LogP contribution in [-0.2, 0) is 9.47 Å². The van der Waals surface area contributed by atoms with Crippen LogP contribution in [0.2, 0.25) is 0 Å². The van der Waals surface area contributed by atoms with Gasteiger partial charge in [0.2, 0.25) is 0 Å². The van der Waals surface area contributed by atoms with E-state index in [9.17, 15) is 0 Å². The van der Waals surface area contributed by atoms with E-state index in [0.29, 0.717) is 0 Å². The molecule has 2 aliphatic rings. The van der Waals surface area contributed by atoms with E-state index >= 15 is 0 Å². The predicted molar refractivity (Wildman–Crippen MR) is 65.1 cm³/mol. The third-order valence-electron chi connectivity index (χ3n) is 2.76. The molecule has 2 aliphatic heterocycles. The molecule has 0 aromatic carbocycles. The Kier molecular flexibility index (Phi) is 9.12. The number of rotatable bonds is 1. The highest BCUT2D eigenvalue weighted by atomic mass is 16.5. The normalized spacial score (nSPS) is 24.8. The van der Waals surface area contributed by atoms with Crippen molar-refractivity contribution >= 4 is 0 Å². The van der Waals surface area contributed by atoms with Crippen LogP contribution in [0.25, 0.3) is 0 Å². The molecule has 15 heavy (non-hydrogen) atoms. The summed E-state index contributed by atoms with van der Waals surface area (Å²) in [7, 11) is 0. The first-order valence-corrected chi connectivity index (χ1v) is 6.35. The summed E-state index contributed by atoms with van der Waals surface area (Å²) in [6, 6.07) is 0. The molecular formula is C13H28O2. The Morgan fingerprint density at radius 1 is 1.00 bits per heavy atom. The first-order chi connectivity index (χ1) is 7.20. The summed E-state index contributed by atoms with van der Waals surface area (Å²) in [6.07, 6.45) is 1.26. The minimum absolute atomic E-state index is 0.824. The summed E-state index contributed by atoms with van der Waals surface area (Å²) in [5.74, 6) is 2.51. The highest BCUT2D eigenvalue weighted by Gasteiger charge is 2.20. The van der Waals surface area contributed by atoms with Crippen LogP contribution in [0.5, 0.6) is 0 Å². The van der Waals surface area contributed by atoms with Gasteiger partial charge >= 0.3 is 0 Å². The highest BCUT2D eigenvalue weighted by Crippen LogP contribution is 2.18. The number of hydrogen-bond donors (Lipinski definition) is 0. The Balaban J connectivity index is 0.000000227. The maximum atomic E-state index is 5.06. The second-order valence-corrected chi connectivity index (χ2v) is 4.51. The molecule has 0 spiro atoms. The van der Waals surface area contributed by atoms with Crippen molar-refractivity contribution in [3.05, 3.63) is 0 Å². The quantitative estimate of drug-likeness (QED) is 0.669. The first kappa shape index (κ1) is 14.9. The second kappa shape index (κ2) is 9.17. The topological polar surface area (TPSA) is 18.5 Å². The molecule has 2 nitrogen and oxygen atoms in total. The third-order valence-corrected chi connectivity index (χ3v) is 2.76. The summed E-state index contributed by atoms with van der Waals surface area (Å²) in [5.41, 5.74) is 0. The predicted octanol–water partition coefficient (Wildman–Crippen LogP) is 3.36. The molecule has 0 bridgehead atoms. The van der Waals surface area contributed by atoms with Gasteiger partial charge < -0.3 is 9.47 Å². The lowest BCUT2D eigenvalue weighted by molar-refractivity contribution is -0.0534. The van der Waals surface area contributed by atoms with Gasteiger partial charge in [-0.1, -0.05) is 34.6 Å². The average molecular weight is 216 g/mol. The molecule has 0 N–H and O–H groups in total. The Hall–Kier alpha value is -0.0800. The molecule has 0 aromatic rings. The van der Waals surface area contributed by atoms with Crippen LogP contribution in [0.4, 0.5) is 0 Å². The van der Waals surface area contributed by atoms with Gasteiger partial charge in [0.15, 0.2) is 0 Å². The number of hydrogen-bond acceptors (Lipinski definition) is 2. The molecular weight excluding hydrogens is 188 g/mol. The van der Waals surface area contributed by atoms with Crippen molar-refractivity contribution in [1.82, 2.24) is 0 Å². The fourth-order valence-electron chi connectivity index (χ4n) is 1.29. The Morgan fingerprint density at radius 3 is 1.67 bits per heavy atom. The molecule has 2 rings (SSSR count). The molecule has 0 amide bonds. The zero-order valence-corrected chi connectivity index (χ0v) is 11.1. The van der Waals surface area contributed by atoms with Crippen LogP contribution < -0.4 is 0 Å². The maximum absolute atomic E-state index is 5.06. The van der Waals surface area contributed by atoms with Crippen LogP contribution >= 0.6 is 0 Å². The highest BCUT2D eigenvalue weighted by molar-refractivity contribution is 4.67. The van der Waals surface area contributed by atoms with Gasteiger partial charge in [0.05, 0.1) is 13.2 Å². The van der Waals surface area contributed by atoms with Gasteiger partial charge in [-0.15, -0.1) is 0 Å². The molecule has 1 atom stereocenters. The van der Waals surface area contributed by atoms with Crippen LogP contribution in [-0.4, -0.2) is 26.4 Å². The van der Waals surface area contributed by atoms with Crippen molar-refractivity contribution in [3.63, 3.8) is 0 Å². The summed E-state index contributed by atoms with van der Waals surface area (Å²) < 4.78 is 10.1. The van der Waals surface area contributed by atoms with Crippen LogP contribution in [0.3, 0.4) is 0 Å². The van der Waals surface area contributed by atoms with Crippen molar-refractivity contribution < 1.29 is 9.47 Å². The van der Waals surface area contributed by atoms with Crippen molar-refractivity contribution in [2.45, 2.75) is 41.0 Å². The fourth-order valence-corrected chi connectivity index (χ4v) is 1.29. The Morgan fingerprint density at radius 2 is 1.60 bits per heavy atom. The molecule has 2 heteroatoms. The van der Waals surface area contributed by atoms with Crippen LogP contribution in [0.15, 0.2) is 0 Å². The van der Waals surface area contributed by atoms with Gasteiger partial charge in [0, 0.05) is 19.1 Å². The minimum Gasteiger partial charge on any atom is -0.381 e. The van der Waals surface area contributed by atoms with Gasteiger partial charge in [0.25, 0.3) is 0 Å². The second-order valence-electron chi connectivity index (χ2n) is 4.51. The fraction of sp³-hybridized carbons (Fsp3) is 1.00. The lowest BCUT2D eigenvalue weighted by Crippen LogP contribution is -2.31. The summed E-state index contributed by atoms with van der Waals surface area (Å²) in [4.78, 5) is 0. The molecule has 0 radical (unpaired) electrons. The first-order valence-electron chi connectivity index (χ1n) is 6.35. The van der Waals surface area contributed by atoms with Gasteiger partial charge in [-0.2, -0.15) is 0 Å². The monoisotopic (exact) mass is 216 g/mol. The lowest BCUT2D eigenvalue weighted by atomic mass is 9.95. The van der Waals surface area contributed by atoms with E-state index in [1.807, 2.05) is 13.8 Å². The Labute approximate surface area is 95.3 Å². The van der Waals surface area contributed by atoms with Crippen LogP contribution in [0.1, 0.15) is 41.0 Å². The maximum Gasteiger partial charge on any atom is 0.0518 e. The van der Waals surface area contributed by atoms with Gasteiger partial charge in [-0.05, 0) is 18.3 Å². The SMILES string of the molecule is CC.CC(C)C1COC1.CC1CCOC1. The van der Waals surface area contributed by atoms with E-state index in [4.69, 9.17) is 9.47 Å². The smallest absolute Gasteiger partial charge is 0.0518 e. The van der Waals surface area contributed by atoms with Crippen molar-refractivity contribution in [1.29, 1.82) is 0 Å². The molecule has 0 saturated carbocycles. The van der Waals surface area contributed by atoms with Gasteiger partial charge in [-0.25, -0.2) is 0 Å². The largest absolute Gasteiger partial charge is 0.381 e. The van der Waals surface area contributed by atoms with Crippen molar-refractivity contribution in [3.8, 4) is 0 Å². The third kappa shape index (κ3) is 6.91. The summed E-state index contributed by atoms with van der Waals surface area (Å²) in [5, 5.41) is 0. The molecule has 2 saturated heterocycles. The standard InChI is InChI=1S/C6H12O.C5H10O.C2H6/c1-5(2)6-3-7-4-6;1-5-2-3-6-4-5;1-2/h5-6H,3-4H2,1-2H3;5H,2-4H2,1H3;1-2H3. The van der Waals surface area contributed by atoms with E-state index in [0.717, 1.165) is 44.2 Å².